The van der Waals surface area contributed by atoms with E-state index in [4.69, 9.17) is 4.74 Å². The maximum atomic E-state index is 13.9. The number of hydrogen-bond acceptors (Lipinski definition) is 7. The molecule has 0 aromatic heterocycles. The van der Waals surface area contributed by atoms with Crippen LogP contribution in [0.2, 0.25) is 0 Å². The molecule has 3 atom stereocenters. The molecule has 222 valence electrons. The topological polar surface area (TPSA) is 120 Å². The van der Waals surface area contributed by atoms with Gasteiger partial charge in [-0.2, -0.15) is 0 Å². The molecule has 0 unspecified atom stereocenters. The Balaban J connectivity index is 2.31. The van der Waals surface area contributed by atoms with Crippen LogP contribution in [0.4, 0.5) is 0 Å². The summed E-state index contributed by atoms with van der Waals surface area (Å²) in [5.74, 6) is -1.01. The third-order valence-electron chi connectivity index (χ3n) is 7.46. The number of phenolic OH excluding ortho intramolecular Hbond substituents is 1. The first-order valence-corrected chi connectivity index (χ1v) is 14.2. The number of likely N-dealkylation sites (N-methyl/N-ethyl adjacent to an activating group) is 1. The molecule has 9 nitrogen and oxygen atoms in total. The molecule has 0 aliphatic carbocycles. The maximum Gasteiger partial charge on any atom is 0.324 e. The van der Waals surface area contributed by atoms with Gasteiger partial charge in [-0.25, -0.2) is 5.43 Å². The molecule has 1 saturated heterocycles. The minimum absolute atomic E-state index is 0.00222. The Morgan fingerprint density at radius 3 is 2.55 bits per heavy atom. The summed E-state index contributed by atoms with van der Waals surface area (Å²) in [6, 6.07) is 3.01. The second-order valence-electron chi connectivity index (χ2n) is 11.6. The molecular formula is C31H48N4O5. The number of benzene rings is 1. The van der Waals surface area contributed by atoms with Crippen LogP contribution in [0.15, 0.2) is 36.9 Å². The van der Waals surface area contributed by atoms with Gasteiger partial charge in [-0.1, -0.05) is 59.4 Å². The van der Waals surface area contributed by atoms with Crippen molar-refractivity contribution < 1.29 is 24.2 Å². The van der Waals surface area contributed by atoms with Gasteiger partial charge in [0.05, 0.1) is 12.6 Å². The molecule has 1 heterocycles. The van der Waals surface area contributed by atoms with E-state index in [0.29, 0.717) is 31.6 Å². The van der Waals surface area contributed by atoms with Crippen molar-refractivity contribution in [1.82, 2.24) is 21.1 Å². The van der Waals surface area contributed by atoms with Crippen LogP contribution in [-0.2, 0) is 25.5 Å². The van der Waals surface area contributed by atoms with E-state index in [9.17, 15) is 19.5 Å². The van der Waals surface area contributed by atoms with Crippen molar-refractivity contribution in [2.75, 3.05) is 20.2 Å². The number of ether oxygens (including phenoxy) is 1. The van der Waals surface area contributed by atoms with E-state index in [0.717, 1.165) is 17.6 Å². The Bertz CT molecular complexity index is 1080. The van der Waals surface area contributed by atoms with Crippen LogP contribution < -0.4 is 16.1 Å². The zero-order valence-corrected chi connectivity index (χ0v) is 25.2. The number of amides is 2. The van der Waals surface area contributed by atoms with Crippen LogP contribution >= 0.6 is 0 Å². The van der Waals surface area contributed by atoms with Crippen molar-refractivity contribution in [2.45, 2.75) is 85.4 Å². The number of esters is 1. The lowest BCUT2D eigenvalue weighted by Gasteiger charge is -2.36. The molecule has 1 aliphatic rings. The second kappa shape index (κ2) is 15.0. The maximum absolute atomic E-state index is 13.9. The molecule has 1 fully saturated rings. The zero-order valence-electron chi connectivity index (χ0n) is 25.2. The fraction of sp³-hybridized carbons (Fsp3) is 0.581. The first-order chi connectivity index (χ1) is 18.8. The van der Waals surface area contributed by atoms with E-state index >= 15 is 0 Å². The van der Waals surface area contributed by atoms with E-state index < -0.39 is 24.1 Å². The van der Waals surface area contributed by atoms with Crippen LogP contribution in [0.1, 0.15) is 71.9 Å². The van der Waals surface area contributed by atoms with Crippen LogP contribution in [0.25, 0.3) is 5.57 Å². The third kappa shape index (κ3) is 9.20. The Labute approximate surface area is 239 Å². The highest BCUT2D eigenvalue weighted by molar-refractivity contribution is 5.90. The summed E-state index contributed by atoms with van der Waals surface area (Å²) >= 11 is 0. The highest BCUT2D eigenvalue weighted by Gasteiger charge is 2.35. The van der Waals surface area contributed by atoms with Crippen molar-refractivity contribution in [3.05, 3.63) is 48.1 Å². The molecule has 2 rings (SSSR count). The molecular weight excluding hydrogens is 508 g/mol. The first kappa shape index (κ1) is 33.0. The molecule has 2 amide bonds. The van der Waals surface area contributed by atoms with Gasteiger partial charge in [0.2, 0.25) is 5.91 Å². The number of hydrogen-bond donors (Lipinski definition) is 4. The highest BCUT2D eigenvalue weighted by atomic mass is 16.5. The summed E-state index contributed by atoms with van der Waals surface area (Å²) in [5.41, 5.74) is 5.18. The minimum atomic E-state index is -0.934. The molecule has 1 aromatic rings. The fourth-order valence-corrected chi connectivity index (χ4v) is 4.60. The summed E-state index contributed by atoms with van der Waals surface area (Å²) in [6.45, 7) is 16.4. The van der Waals surface area contributed by atoms with Gasteiger partial charge in [-0.05, 0) is 73.4 Å². The number of carbonyl (C=O) groups excluding carboxylic acids is 3. The molecule has 1 aliphatic heterocycles. The Kier molecular flexibility index (Phi) is 12.4. The van der Waals surface area contributed by atoms with Gasteiger partial charge in [0.25, 0.3) is 5.91 Å². The molecule has 40 heavy (non-hydrogen) atoms. The number of carbonyl (C=O) groups is 3. The Morgan fingerprint density at radius 1 is 1.27 bits per heavy atom. The summed E-state index contributed by atoms with van der Waals surface area (Å²) in [4.78, 5) is 39.9. The predicted molar refractivity (Wildman–Crippen MR) is 158 cm³/mol. The number of hydrazine groups is 1. The first-order valence-electron chi connectivity index (χ1n) is 14.2. The average molecular weight is 557 g/mol. The van der Waals surface area contributed by atoms with E-state index in [1.807, 2.05) is 53.7 Å². The van der Waals surface area contributed by atoms with Crippen molar-refractivity contribution in [2.24, 2.45) is 11.3 Å². The quantitative estimate of drug-likeness (QED) is 0.216. The van der Waals surface area contributed by atoms with Crippen LogP contribution in [0.5, 0.6) is 5.75 Å². The number of aromatic hydroxyl groups is 1. The summed E-state index contributed by atoms with van der Waals surface area (Å²) in [6.07, 6.45) is 5.75. The van der Waals surface area contributed by atoms with Crippen molar-refractivity contribution in [3.63, 3.8) is 0 Å². The lowest BCUT2D eigenvalue weighted by molar-refractivity contribution is -0.155. The van der Waals surface area contributed by atoms with Gasteiger partial charge in [0.15, 0.2) is 0 Å². The molecule has 0 saturated carbocycles. The minimum Gasteiger partial charge on any atom is -0.508 e. The SMILES string of the molecule is C=C/C(=C\C)c1cc(O)cc(C[C@H](NC(=O)[C@@H](NC)C(C)C)C(=O)N2CCC[C@@H](C(=O)OCC(C)(C)CC)N2)c1. The van der Waals surface area contributed by atoms with Gasteiger partial charge in [-0.3, -0.25) is 19.4 Å². The Morgan fingerprint density at radius 2 is 1.98 bits per heavy atom. The monoisotopic (exact) mass is 556 g/mol. The normalized spacial score (nSPS) is 17.8. The average Bonchev–Trinajstić information content (AvgIpc) is 2.91. The number of allylic oxidation sites excluding steroid dienone is 3. The van der Waals surface area contributed by atoms with Gasteiger partial charge >= 0.3 is 5.97 Å². The largest absolute Gasteiger partial charge is 0.508 e. The molecule has 0 bridgehead atoms. The van der Waals surface area contributed by atoms with E-state index in [1.165, 1.54) is 5.01 Å². The van der Waals surface area contributed by atoms with E-state index in [-0.39, 0.29) is 35.3 Å². The fourth-order valence-electron chi connectivity index (χ4n) is 4.60. The van der Waals surface area contributed by atoms with Gasteiger partial charge in [0, 0.05) is 13.0 Å². The van der Waals surface area contributed by atoms with Crippen LogP contribution in [0.3, 0.4) is 0 Å². The number of nitrogens with one attached hydrogen (secondary N) is 3. The molecule has 1 aromatic carbocycles. The second-order valence-corrected chi connectivity index (χ2v) is 11.6. The smallest absolute Gasteiger partial charge is 0.324 e. The lowest BCUT2D eigenvalue weighted by atomic mass is 9.92. The highest BCUT2D eigenvalue weighted by Crippen LogP contribution is 2.25. The van der Waals surface area contributed by atoms with Gasteiger partial charge in [0.1, 0.15) is 17.8 Å². The number of phenols is 1. The van der Waals surface area contributed by atoms with Gasteiger partial charge < -0.3 is 20.5 Å². The third-order valence-corrected chi connectivity index (χ3v) is 7.46. The zero-order chi connectivity index (χ0) is 30.0. The lowest BCUT2D eigenvalue weighted by Crippen LogP contribution is -2.61. The summed E-state index contributed by atoms with van der Waals surface area (Å²) in [7, 11) is 1.71. The Hall–Kier alpha value is -3.17. The van der Waals surface area contributed by atoms with E-state index in [1.54, 1.807) is 25.3 Å². The van der Waals surface area contributed by atoms with Crippen LogP contribution in [-0.4, -0.2) is 66.2 Å². The number of rotatable bonds is 13. The van der Waals surface area contributed by atoms with Gasteiger partial charge in [-0.15, -0.1) is 0 Å². The molecule has 4 N–H and O–H groups in total. The van der Waals surface area contributed by atoms with Crippen molar-refractivity contribution in [3.8, 4) is 5.75 Å². The standard InChI is InChI=1S/C31H48N4O5/c1-9-22(10-2)23-15-21(16-24(36)18-23)17-26(33-28(37)27(32-8)20(4)5)29(38)35-14-12-13-25(34-35)30(39)40-19-31(6,7)11-3/h9-10,15-16,18,20,25-27,32,34,36H,1,11-14,17,19H2,2-8H3,(H,33,37)/b22-10+/t25-,26-,27-/m0/s1. The van der Waals surface area contributed by atoms with Crippen molar-refractivity contribution >= 4 is 23.4 Å². The number of nitrogens with zero attached hydrogens (tertiary/aromatic N) is 1. The molecule has 0 spiro atoms. The van der Waals surface area contributed by atoms with Crippen molar-refractivity contribution in [1.29, 1.82) is 0 Å². The summed E-state index contributed by atoms with van der Waals surface area (Å²) in [5, 5.41) is 17.8. The summed E-state index contributed by atoms with van der Waals surface area (Å²) < 4.78 is 5.57. The molecule has 0 radical (unpaired) electrons. The molecule has 9 heteroatoms. The van der Waals surface area contributed by atoms with E-state index in [2.05, 4.69) is 22.6 Å². The predicted octanol–water partition coefficient (Wildman–Crippen LogP) is 3.73. The van der Waals surface area contributed by atoms with Crippen LogP contribution in [0, 0.1) is 11.3 Å².